The third kappa shape index (κ3) is 4.27. The Balaban J connectivity index is 2.03. The van der Waals surface area contributed by atoms with Gasteiger partial charge in [0.05, 0.1) is 4.92 Å². The normalized spacial score (nSPS) is 9.91. The predicted molar refractivity (Wildman–Crippen MR) is 82.6 cm³/mol. The number of nitrogens with two attached hydrogens (primary N) is 1. The molecule has 0 radical (unpaired) electrons. The van der Waals surface area contributed by atoms with Gasteiger partial charge in [-0.2, -0.15) is 0 Å². The van der Waals surface area contributed by atoms with E-state index in [1.54, 1.807) is 6.07 Å². The van der Waals surface area contributed by atoms with Crippen LogP contribution in [0, 0.1) is 10.1 Å². The molecule has 3 N–H and O–H groups in total. The molecule has 0 saturated carbocycles. The maximum Gasteiger partial charge on any atom is 0.316 e. The number of benzene rings is 2. The van der Waals surface area contributed by atoms with E-state index in [-0.39, 0.29) is 23.8 Å². The molecule has 2 rings (SSSR count). The van der Waals surface area contributed by atoms with Crippen LogP contribution in [0.25, 0.3) is 0 Å². The highest BCUT2D eigenvalue weighted by molar-refractivity contribution is 5.98. The van der Waals surface area contributed by atoms with E-state index in [0.717, 1.165) is 0 Å². The van der Waals surface area contributed by atoms with Crippen molar-refractivity contribution < 1.29 is 19.2 Å². The number of anilines is 1. The molecule has 0 atom stereocenters. The van der Waals surface area contributed by atoms with E-state index in [4.69, 9.17) is 10.5 Å². The molecule has 8 nitrogen and oxygen atoms in total. The molecule has 0 bridgehead atoms. The number of hydrogen-bond donors (Lipinski definition) is 2. The molecule has 2 aromatic carbocycles. The molecule has 0 unspecified atom stereocenters. The van der Waals surface area contributed by atoms with E-state index in [9.17, 15) is 19.7 Å². The Hall–Kier alpha value is -3.42. The van der Waals surface area contributed by atoms with Crippen LogP contribution in [0.1, 0.15) is 10.4 Å². The van der Waals surface area contributed by atoms with Gasteiger partial charge >= 0.3 is 11.7 Å². The van der Waals surface area contributed by atoms with E-state index in [2.05, 4.69) is 5.32 Å². The smallest absolute Gasteiger partial charge is 0.316 e. The monoisotopic (exact) mass is 315 g/mol. The van der Waals surface area contributed by atoms with Gasteiger partial charge in [-0.15, -0.1) is 0 Å². The fraction of sp³-hybridized carbons (Fsp3) is 0.0667. The molecule has 0 aliphatic rings. The number of nitrogens with one attached hydrogen (secondary N) is 1. The summed E-state index contributed by atoms with van der Waals surface area (Å²) in [6.07, 6.45) is 0. The molecule has 2 aromatic rings. The Morgan fingerprint density at radius 2 is 1.78 bits per heavy atom. The first-order chi connectivity index (χ1) is 11.0. The minimum absolute atomic E-state index is 0.0258. The number of hydrogen-bond acceptors (Lipinski definition) is 5. The van der Waals surface area contributed by atoms with Crippen LogP contribution >= 0.6 is 0 Å². The number of primary amides is 1. The van der Waals surface area contributed by atoms with Crippen LogP contribution in [-0.4, -0.2) is 23.3 Å². The Morgan fingerprint density at radius 3 is 2.39 bits per heavy atom. The Morgan fingerprint density at radius 1 is 1.13 bits per heavy atom. The summed E-state index contributed by atoms with van der Waals surface area (Å²) < 4.78 is 5.23. The molecule has 8 heteroatoms. The van der Waals surface area contributed by atoms with Crippen molar-refractivity contribution in [3.05, 3.63) is 64.2 Å². The Labute approximate surface area is 131 Å². The average Bonchev–Trinajstić information content (AvgIpc) is 2.53. The number of rotatable bonds is 6. The zero-order valence-corrected chi connectivity index (χ0v) is 11.9. The van der Waals surface area contributed by atoms with E-state index in [1.165, 1.54) is 42.5 Å². The number of para-hydroxylation sites is 2. The molecule has 0 aliphatic heterocycles. The molecule has 0 fully saturated rings. The number of amides is 2. The first-order valence-electron chi connectivity index (χ1n) is 6.53. The van der Waals surface area contributed by atoms with Gasteiger partial charge in [0.15, 0.2) is 18.1 Å². The van der Waals surface area contributed by atoms with Crippen molar-refractivity contribution in [3.63, 3.8) is 0 Å². The van der Waals surface area contributed by atoms with Crippen LogP contribution in [0.5, 0.6) is 5.75 Å². The first-order valence-corrected chi connectivity index (χ1v) is 6.53. The van der Waals surface area contributed by atoms with Crippen molar-refractivity contribution in [1.82, 2.24) is 0 Å². The van der Waals surface area contributed by atoms with Gasteiger partial charge in [0.2, 0.25) is 0 Å². The summed E-state index contributed by atoms with van der Waals surface area (Å²) in [5.41, 5.74) is 5.57. The molecule has 118 valence electrons. The van der Waals surface area contributed by atoms with Gasteiger partial charge in [0.1, 0.15) is 0 Å². The maximum absolute atomic E-state index is 12.0. The topological polar surface area (TPSA) is 125 Å². The number of ketones is 1. The lowest BCUT2D eigenvalue weighted by Gasteiger charge is -2.07. The standard InChI is InChI=1S/C15H13N3O5/c16-15(20)17-11-7-5-10(6-8-11)13(19)9-23-14-4-2-1-3-12(14)18(21)22/h1-8H,9H2,(H3,16,17,20). The van der Waals surface area contributed by atoms with E-state index < -0.39 is 11.0 Å². The van der Waals surface area contributed by atoms with Crippen LogP contribution in [0.3, 0.4) is 0 Å². The number of nitro benzene ring substituents is 1. The van der Waals surface area contributed by atoms with Crippen molar-refractivity contribution >= 4 is 23.2 Å². The summed E-state index contributed by atoms with van der Waals surface area (Å²) in [5, 5.41) is 13.2. The lowest BCUT2D eigenvalue weighted by molar-refractivity contribution is -0.385. The summed E-state index contributed by atoms with van der Waals surface area (Å²) in [7, 11) is 0. The van der Waals surface area contributed by atoms with Crippen LogP contribution in [0.4, 0.5) is 16.2 Å². The number of ether oxygens (including phenoxy) is 1. The van der Waals surface area contributed by atoms with Gasteiger partial charge in [0.25, 0.3) is 0 Å². The van der Waals surface area contributed by atoms with Crippen LogP contribution in [-0.2, 0) is 0 Å². The van der Waals surface area contributed by atoms with Crippen molar-refractivity contribution in [2.45, 2.75) is 0 Å². The highest BCUT2D eigenvalue weighted by Gasteiger charge is 2.15. The third-order valence-corrected chi connectivity index (χ3v) is 2.90. The summed E-state index contributed by atoms with van der Waals surface area (Å²) in [6, 6.07) is 11.1. The second kappa shape index (κ2) is 7.03. The SMILES string of the molecule is NC(=O)Nc1ccc(C(=O)COc2ccccc2[N+](=O)[O-])cc1. The summed E-state index contributed by atoms with van der Waals surface area (Å²) in [5.74, 6) is -0.327. The van der Waals surface area contributed by atoms with Crippen LogP contribution in [0.15, 0.2) is 48.5 Å². The lowest BCUT2D eigenvalue weighted by atomic mass is 10.1. The second-order valence-corrected chi connectivity index (χ2v) is 4.50. The largest absolute Gasteiger partial charge is 0.478 e. The quantitative estimate of drug-likeness (QED) is 0.481. The average molecular weight is 315 g/mol. The number of urea groups is 1. The van der Waals surface area contributed by atoms with Gasteiger partial charge in [-0.05, 0) is 30.3 Å². The summed E-state index contributed by atoms with van der Waals surface area (Å²) in [4.78, 5) is 33.0. The molecule has 0 aliphatic carbocycles. The van der Waals surface area contributed by atoms with Gasteiger partial charge in [0, 0.05) is 17.3 Å². The number of nitrogens with zero attached hydrogens (tertiary/aromatic N) is 1. The molecular weight excluding hydrogens is 302 g/mol. The van der Waals surface area contributed by atoms with Gasteiger partial charge in [-0.3, -0.25) is 14.9 Å². The third-order valence-electron chi connectivity index (χ3n) is 2.90. The van der Waals surface area contributed by atoms with E-state index in [0.29, 0.717) is 11.3 Å². The van der Waals surface area contributed by atoms with E-state index in [1.807, 2.05) is 0 Å². The minimum atomic E-state index is -0.705. The van der Waals surface area contributed by atoms with Crippen LogP contribution < -0.4 is 15.8 Å². The van der Waals surface area contributed by atoms with Crippen molar-refractivity contribution in [2.24, 2.45) is 5.73 Å². The fourth-order valence-electron chi connectivity index (χ4n) is 1.84. The van der Waals surface area contributed by atoms with Crippen molar-refractivity contribution in [3.8, 4) is 5.75 Å². The summed E-state index contributed by atoms with van der Waals surface area (Å²) in [6.45, 7) is -0.340. The Kier molecular flexibility index (Phi) is 4.88. The minimum Gasteiger partial charge on any atom is -0.478 e. The van der Waals surface area contributed by atoms with Gasteiger partial charge in [-0.25, -0.2) is 4.79 Å². The number of nitro groups is 1. The van der Waals surface area contributed by atoms with Crippen molar-refractivity contribution in [2.75, 3.05) is 11.9 Å². The molecule has 23 heavy (non-hydrogen) atoms. The molecule has 0 aromatic heterocycles. The van der Waals surface area contributed by atoms with Crippen molar-refractivity contribution in [1.29, 1.82) is 0 Å². The lowest BCUT2D eigenvalue weighted by Crippen LogP contribution is -2.19. The molecule has 2 amide bonds. The van der Waals surface area contributed by atoms with Crippen LogP contribution in [0.2, 0.25) is 0 Å². The molecule has 0 spiro atoms. The number of carbonyl (C=O) groups is 2. The second-order valence-electron chi connectivity index (χ2n) is 4.50. The highest BCUT2D eigenvalue weighted by atomic mass is 16.6. The van der Waals surface area contributed by atoms with Gasteiger partial charge < -0.3 is 15.8 Å². The number of carbonyl (C=O) groups excluding carboxylic acids is 2. The number of Topliss-reactive ketones (excluding diaryl/α,β-unsaturated/α-hetero) is 1. The fourth-order valence-corrected chi connectivity index (χ4v) is 1.84. The summed E-state index contributed by atoms with van der Waals surface area (Å²) >= 11 is 0. The zero-order chi connectivity index (χ0) is 16.8. The van der Waals surface area contributed by atoms with E-state index >= 15 is 0 Å². The van der Waals surface area contributed by atoms with Gasteiger partial charge in [-0.1, -0.05) is 12.1 Å². The highest BCUT2D eigenvalue weighted by Crippen LogP contribution is 2.25. The first kappa shape index (κ1) is 16.0. The predicted octanol–water partition coefficient (Wildman–Crippen LogP) is 2.35. The Bertz CT molecular complexity index is 743. The molecule has 0 heterocycles. The molecular formula is C15H13N3O5. The maximum atomic E-state index is 12.0. The molecule has 0 saturated heterocycles. The zero-order valence-electron chi connectivity index (χ0n) is 11.9.